The van der Waals surface area contributed by atoms with Crippen molar-refractivity contribution >= 4 is 18.0 Å². The average molecular weight is 321 g/mol. The molecule has 0 spiro atoms. The predicted octanol–water partition coefficient (Wildman–Crippen LogP) is 1.50. The fourth-order valence-electron chi connectivity index (χ4n) is 2.48. The van der Waals surface area contributed by atoms with E-state index < -0.39 is 30.2 Å². The van der Waals surface area contributed by atoms with Crippen molar-refractivity contribution in [1.82, 2.24) is 4.90 Å². The average Bonchev–Trinajstić information content (AvgIpc) is 2.96. The lowest BCUT2D eigenvalue weighted by molar-refractivity contribution is -0.147. The number of esters is 2. The summed E-state index contributed by atoms with van der Waals surface area (Å²) in [5.41, 5.74) is 0.839. The summed E-state index contributed by atoms with van der Waals surface area (Å²) in [4.78, 5) is 36.4. The minimum Gasteiger partial charge on any atom is -0.467 e. The monoisotopic (exact) mass is 321 g/mol. The van der Waals surface area contributed by atoms with Gasteiger partial charge in [-0.1, -0.05) is 30.3 Å². The SMILES string of the molecule is COC(=O)[C@@H]1C[C@H](OC(C)=O)CN1C(=O)OCc1ccccc1. The maximum Gasteiger partial charge on any atom is 0.410 e. The van der Waals surface area contributed by atoms with Crippen LogP contribution in [0.1, 0.15) is 18.9 Å². The highest BCUT2D eigenvalue weighted by Gasteiger charge is 2.42. The van der Waals surface area contributed by atoms with Crippen molar-refractivity contribution in [2.75, 3.05) is 13.7 Å². The van der Waals surface area contributed by atoms with Crippen LogP contribution in [-0.2, 0) is 30.4 Å². The smallest absolute Gasteiger partial charge is 0.410 e. The molecule has 124 valence electrons. The number of amides is 1. The first-order valence-corrected chi connectivity index (χ1v) is 7.23. The highest BCUT2D eigenvalue weighted by molar-refractivity contribution is 5.82. The molecule has 1 aliphatic rings. The van der Waals surface area contributed by atoms with Crippen LogP contribution in [0.4, 0.5) is 4.79 Å². The number of hydrogen-bond donors (Lipinski definition) is 0. The number of ether oxygens (including phenoxy) is 3. The lowest BCUT2D eigenvalue weighted by atomic mass is 10.2. The Morgan fingerprint density at radius 1 is 1.22 bits per heavy atom. The van der Waals surface area contributed by atoms with Gasteiger partial charge in [0.1, 0.15) is 18.8 Å². The molecule has 0 bridgehead atoms. The second-order valence-electron chi connectivity index (χ2n) is 5.20. The Morgan fingerprint density at radius 3 is 2.52 bits per heavy atom. The van der Waals surface area contributed by atoms with Crippen LogP contribution in [0.3, 0.4) is 0 Å². The molecule has 1 heterocycles. The molecule has 2 atom stereocenters. The van der Waals surface area contributed by atoms with E-state index in [1.165, 1.54) is 18.9 Å². The largest absolute Gasteiger partial charge is 0.467 e. The molecule has 0 N–H and O–H groups in total. The minimum absolute atomic E-state index is 0.0995. The fraction of sp³-hybridized carbons (Fsp3) is 0.438. The molecule has 1 saturated heterocycles. The van der Waals surface area contributed by atoms with Crippen molar-refractivity contribution in [3.63, 3.8) is 0 Å². The van der Waals surface area contributed by atoms with Gasteiger partial charge >= 0.3 is 18.0 Å². The standard InChI is InChI=1S/C16H19NO6/c1-11(18)23-13-8-14(15(19)21-2)17(9-13)16(20)22-10-12-6-4-3-5-7-12/h3-7,13-14H,8-10H2,1-2H3/t13-,14-/m0/s1. The molecule has 1 fully saturated rings. The summed E-state index contributed by atoms with van der Waals surface area (Å²) in [6, 6.07) is 8.39. The number of benzene rings is 1. The molecule has 0 aromatic heterocycles. The van der Waals surface area contributed by atoms with Crippen LogP contribution >= 0.6 is 0 Å². The first kappa shape index (κ1) is 16.8. The van der Waals surface area contributed by atoms with E-state index in [1.807, 2.05) is 30.3 Å². The number of likely N-dealkylation sites (tertiary alicyclic amines) is 1. The summed E-state index contributed by atoms with van der Waals surface area (Å²) in [7, 11) is 1.25. The molecular weight excluding hydrogens is 302 g/mol. The van der Waals surface area contributed by atoms with Crippen molar-refractivity contribution in [1.29, 1.82) is 0 Å². The van der Waals surface area contributed by atoms with Crippen LogP contribution in [-0.4, -0.2) is 48.7 Å². The van der Waals surface area contributed by atoms with Gasteiger partial charge in [0, 0.05) is 13.3 Å². The molecule has 7 nitrogen and oxygen atoms in total. The number of carbonyl (C=O) groups is 3. The number of nitrogens with zero attached hydrogens (tertiary/aromatic N) is 1. The van der Waals surface area contributed by atoms with E-state index in [1.54, 1.807) is 0 Å². The van der Waals surface area contributed by atoms with Gasteiger partial charge in [-0.2, -0.15) is 0 Å². The predicted molar refractivity (Wildman–Crippen MR) is 79.3 cm³/mol. The Hall–Kier alpha value is -2.57. The molecule has 0 unspecified atom stereocenters. The third kappa shape index (κ3) is 4.45. The van der Waals surface area contributed by atoms with Crippen LogP contribution < -0.4 is 0 Å². The highest BCUT2D eigenvalue weighted by atomic mass is 16.6. The number of carbonyl (C=O) groups excluding carboxylic acids is 3. The van der Waals surface area contributed by atoms with Gasteiger partial charge in [-0.3, -0.25) is 9.69 Å². The van der Waals surface area contributed by atoms with Crippen molar-refractivity contribution in [3.8, 4) is 0 Å². The Bertz CT molecular complexity index is 573. The van der Waals surface area contributed by atoms with Gasteiger partial charge in [-0.15, -0.1) is 0 Å². The molecule has 1 amide bonds. The van der Waals surface area contributed by atoms with Crippen molar-refractivity contribution in [3.05, 3.63) is 35.9 Å². The summed E-state index contributed by atoms with van der Waals surface area (Å²) in [5, 5.41) is 0. The molecule has 23 heavy (non-hydrogen) atoms. The molecule has 0 aliphatic carbocycles. The van der Waals surface area contributed by atoms with E-state index in [2.05, 4.69) is 0 Å². The fourth-order valence-corrected chi connectivity index (χ4v) is 2.48. The Balaban J connectivity index is 2.00. The maximum atomic E-state index is 12.2. The summed E-state index contributed by atoms with van der Waals surface area (Å²) < 4.78 is 15.0. The first-order valence-electron chi connectivity index (χ1n) is 7.23. The molecule has 1 aliphatic heterocycles. The van der Waals surface area contributed by atoms with Gasteiger partial charge in [-0.05, 0) is 5.56 Å². The van der Waals surface area contributed by atoms with E-state index in [9.17, 15) is 14.4 Å². The van der Waals surface area contributed by atoms with Gasteiger partial charge in [0.25, 0.3) is 0 Å². The number of hydrogen-bond acceptors (Lipinski definition) is 6. The van der Waals surface area contributed by atoms with Gasteiger partial charge in [0.15, 0.2) is 0 Å². The third-order valence-electron chi connectivity index (χ3n) is 3.51. The van der Waals surface area contributed by atoms with Crippen LogP contribution in [0.25, 0.3) is 0 Å². The maximum absolute atomic E-state index is 12.2. The summed E-state index contributed by atoms with van der Waals surface area (Å²) in [5.74, 6) is -1.02. The second kappa shape index (κ2) is 7.62. The first-order chi connectivity index (χ1) is 11.0. The normalized spacial score (nSPS) is 20.0. The molecule has 0 saturated carbocycles. The zero-order valence-electron chi connectivity index (χ0n) is 13.1. The zero-order chi connectivity index (χ0) is 16.8. The Morgan fingerprint density at radius 2 is 1.91 bits per heavy atom. The second-order valence-corrected chi connectivity index (χ2v) is 5.20. The van der Waals surface area contributed by atoms with Crippen LogP contribution in [0.2, 0.25) is 0 Å². The lowest BCUT2D eigenvalue weighted by Crippen LogP contribution is -2.41. The summed E-state index contributed by atoms with van der Waals surface area (Å²) >= 11 is 0. The van der Waals surface area contributed by atoms with Crippen LogP contribution in [0.5, 0.6) is 0 Å². The molecule has 1 aromatic carbocycles. The summed E-state index contributed by atoms with van der Waals surface area (Å²) in [6.45, 7) is 1.48. The van der Waals surface area contributed by atoms with E-state index in [-0.39, 0.29) is 19.6 Å². The minimum atomic E-state index is -0.812. The van der Waals surface area contributed by atoms with Crippen molar-refractivity contribution < 1.29 is 28.6 Å². The van der Waals surface area contributed by atoms with Crippen LogP contribution in [0.15, 0.2) is 30.3 Å². The number of methoxy groups -OCH3 is 1. The van der Waals surface area contributed by atoms with E-state index in [0.29, 0.717) is 0 Å². The van der Waals surface area contributed by atoms with Crippen molar-refractivity contribution in [2.24, 2.45) is 0 Å². The van der Waals surface area contributed by atoms with Crippen molar-refractivity contribution in [2.45, 2.75) is 32.1 Å². The number of rotatable bonds is 4. The molecule has 7 heteroatoms. The summed E-state index contributed by atoms with van der Waals surface area (Å²) in [6.07, 6.45) is -0.980. The quantitative estimate of drug-likeness (QED) is 0.617. The molecule has 1 aromatic rings. The molecular formula is C16H19NO6. The highest BCUT2D eigenvalue weighted by Crippen LogP contribution is 2.23. The van der Waals surface area contributed by atoms with E-state index >= 15 is 0 Å². The van der Waals surface area contributed by atoms with Gasteiger partial charge < -0.3 is 14.2 Å². The molecule has 0 radical (unpaired) electrons. The van der Waals surface area contributed by atoms with Gasteiger partial charge in [0.05, 0.1) is 13.7 Å². The van der Waals surface area contributed by atoms with E-state index in [4.69, 9.17) is 14.2 Å². The molecule has 2 rings (SSSR count). The Labute approximate surface area is 134 Å². The Kier molecular flexibility index (Phi) is 5.56. The lowest BCUT2D eigenvalue weighted by Gasteiger charge is -2.21. The van der Waals surface area contributed by atoms with Gasteiger partial charge in [-0.25, -0.2) is 9.59 Å². The topological polar surface area (TPSA) is 82.1 Å². The van der Waals surface area contributed by atoms with Gasteiger partial charge in [0.2, 0.25) is 0 Å². The third-order valence-corrected chi connectivity index (χ3v) is 3.51. The van der Waals surface area contributed by atoms with E-state index in [0.717, 1.165) is 5.56 Å². The van der Waals surface area contributed by atoms with Crippen LogP contribution in [0, 0.1) is 0 Å². The zero-order valence-corrected chi connectivity index (χ0v) is 13.1.